The molecule has 1 aliphatic rings. The smallest absolute Gasteiger partial charge is 0.00706 e. The molecular weight excluding hydrogens is 124 g/mol. The van der Waals surface area contributed by atoms with Gasteiger partial charge in [0.15, 0.2) is 0 Å². The molecule has 1 fully saturated rings. The average molecular weight is 142 g/mol. The van der Waals surface area contributed by atoms with Gasteiger partial charge in [0, 0.05) is 6.04 Å². The summed E-state index contributed by atoms with van der Waals surface area (Å²) < 4.78 is 0. The van der Waals surface area contributed by atoms with Gasteiger partial charge in [0.25, 0.3) is 0 Å². The quantitative estimate of drug-likeness (QED) is 0.609. The molecule has 2 atom stereocenters. The zero-order chi connectivity index (χ0) is 7.40. The Balaban J connectivity index is 2.15. The maximum atomic E-state index is 5.55. The van der Waals surface area contributed by atoms with E-state index in [0.717, 1.165) is 25.0 Å². The van der Waals surface area contributed by atoms with Gasteiger partial charge in [-0.2, -0.15) is 0 Å². The molecule has 0 aliphatic carbocycles. The van der Waals surface area contributed by atoms with Crippen LogP contribution in [0.4, 0.5) is 0 Å². The third-order valence-corrected chi connectivity index (χ3v) is 2.28. The van der Waals surface area contributed by atoms with Crippen LogP contribution in [0.3, 0.4) is 0 Å². The van der Waals surface area contributed by atoms with Crippen molar-refractivity contribution in [3.05, 3.63) is 0 Å². The lowest BCUT2D eigenvalue weighted by molar-refractivity contribution is 0.526. The van der Waals surface area contributed by atoms with E-state index < -0.39 is 0 Å². The number of hydrogen-bond acceptors (Lipinski definition) is 2. The average Bonchev–Trinajstić information content (AvgIpc) is 2.37. The van der Waals surface area contributed by atoms with Crippen LogP contribution in [0.25, 0.3) is 0 Å². The number of nitrogens with one attached hydrogen (secondary N) is 1. The number of hydrogen-bond donors (Lipinski definition) is 2. The Morgan fingerprint density at radius 1 is 1.60 bits per heavy atom. The van der Waals surface area contributed by atoms with Gasteiger partial charge in [0.05, 0.1) is 0 Å². The van der Waals surface area contributed by atoms with Crippen molar-refractivity contribution in [2.24, 2.45) is 11.7 Å². The Labute approximate surface area is 63.2 Å². The normalized spacial score (nSPS) is 33.0. The zero-order valence-corrected chi connectivity index (χ0v) is 6.77. The Hall–Kier alpha value is -0.0800. The molecule has 60 valence electrons. The van der Waals surface area contributed by atoms with Crippen molar-refractivity contribution < 1.29 is 0 Å². The summed E-state index contributed by atoms with van der Waals surface area (Å²) in [5.74, 6) is 0.747. The van der Waals surface area contributed by atoms with Crippen molar-refractivity contribution in [3.8, 4) is 0 Å². The summed E-state index contributed by atoms with van der Waals surface area (Å²) in [4.78, 5) is 0. The lowest BCUT2D eigenvalue weighted by Crippen LogP contribution is -2.21. The lowest BCUT2D eigenvalue weighted by Gasteiger charge is -2.06. The van der Waals surface area contributed by atoms with Gasteiger partial charge in [-0.15, -0.1) is 0 Å². The molecule has 0 aromatic heterocycles. The van der Waals surface area contributed by atoms with Crippen LogP contribution in [0.2, 0.25) is 0 Å². The zero-order valence-electron chi connectivity index (χ0n) is 6.77. The number of nitrogens with two attached hydrogens (primary N) is 1. The van der Waals surface area contributed by atoms with Crippen LogP contribution in [0.15, 0.2) is 0 Å². The first kappa shape index (κ1) is 8.02. The van der Waals surface area contributed by atoms with Crippen LogP contribution in [0.1, 0.15) is 26.2 Å². The molecule has 1 saturated heterocycles. The van der Waals surface area contributed by atoms with Crippen LogP contribution in [-0.2, 0) is 0 Å². The summed E-state index contributed by atoms with van der Waals surface area (Å²) in [5, 5.41) is 3.48. The Bertz CT molecular complexity index is 93.3. The van der Waals surface area contributed by atoms with Crippen LogP contribution in [0.5, 0.6) is 0 Å². The fraction of sp³-hybridized carbons (Fsp3) is 1.00. The minimum absolute atomic E-state index is 0.747. The highest BCUT2D eigenvalue weighted by molar-refractivity contribution is 4.81. The Morgan fingerprint density at radius 3 is 2.90 bits per heavy atom. The van der Waals surface area contributed by atoms with Gasteiger partial charge in [0.1, 0.15) is 0 Å². The minimum atomic E-state index is 0.747. The summed E-state index contributed by atoms with van der Waals surface area (Å²) in [6.45, 7) is 4.23. The van der Waals surface area contributed by atoms with Crippen molar-refractivity contribution in [1.82, 2.24) is 5.32 Å². The Kier molecular flexibility index (Phi) is 3.16. The van der Waals surface area contributed by atoms with Crippen molar-refractivity contribution in [2.45, 2.75) is 32.2 Å². The standard InChI is InChI=1S/C8H18N2/c1-2-3-8-4-7(5-9)6-10-8/h7-8,10H,2-6,9H2,1H3/t7-,8+/m1/s1. The molecule has 1 heterocycles. The predicted molar refractivity (Wildman–Crippen MR) is 43.9 cm³/mol. The first-order valence-electron chi connectivity index (χ1n) is 4.30. The molecule has 2 heteroatoms. The molecule has 0 unspecified atom stereocenters. The third-order valence-electron chi connectivity index (χ3n) is 2.28. The summed E-state index contributed by atoms with van der Waals surface area (Å²) >= 11 is 0. The molecule has 0 bridgehead atoms. The van der Waals surface area contributed by atoms with Gasteiger partial charge < -0.3 is 11.1 Å². The molecule has 0 aromatic rings. The second-order valence-corrected chi connectivity index (χ2v) is 3.23. The van der Waals surface area contributed by atoms with E-state index in [1.165, 1.54) is 19.3 Å². The van der Waals surface area contributed by atoms with Gasteiger partial charge in [-0.25, -0.2) is 0 Å². The van der Waals surface area contributed by atoms with E-state index in [1.54, 1.807) is 0 Å². The van der Waals surface area contributed by atoms with Crippen molar-refractivity contribution in [1.29, 1.82) is 0 Å². The highest BCUT2D eigenvalue weighted by Gasteiger charge is 2.21. The van der Waals surface area contributed by atoms with E-state index >= 15 is 0 Å². The van der Waals surface area contributed by atoms with Gasteiger partial charge in [0.2, 0.25) is 0 Å². The van der Waals surface area contributed by atoms with E-state index in [9.17, 15) is 0 Å². The molecule has 0 aromatic carbocycles. The van der Waals surface area contributed by atoms with E-state index in [4.69, 9.17) is 5.73 Å². The van der Waals surface area contributed by atoms with Gasteiger partial charge >= 0.3 is 0 Å². The first-order valence-corrected chi connectivity index (χ1v) is 4.30. The molecule has 0 radical (unpaired) electrons. The maximum Gasteiger partial charge on any atom is 0.00706 e. The topological polar surface area (TPSA) is 38.0 Å². The summed E-state index contributed by atoms with van der Waals surface area (Å²) in [7, 11) is 0. The molecule has 0 amide bonds. The summed E-state index contributed by atoms with van der Waals surface area (Å²) in [5.41, 5.74) is 5.55. The summed E-state index contributed by atoms with van der Waals surface area (Å²) in [6.07, 6.45) is 3.90. The highest BCUT2D eigenvalue weighted by atomic mass is 15.0. The second kappa shape index (κ2) is 3.94. The number of rotatable bonds is 3. The monoisotopic (exact) mass is 142 g/mol. The molecule has 0 spiro atoms. The highest BCUT2D eigenvalue weighted by Crippen LogP contribution is 2.15. The third kappa shape index (κ3) is 1.96. The molecular formula is C8H18N2. The molecule has 3 N–H and O–H groups in total. The minimum Gasteiger partial charge on any atom is -0.330 e. The molecule has 2 nitrogen and oxygen atoms in total. The summed E-state index contributed by atoms with van der Waals surface area (Å²) in [6, 6.07) is 0.763. The SMILES string of the molecule is CCC[C@H]1C[C@H](CN)CN1. The van der Waals surface area contributed by atoms with Gasteiger partial charge in [-0.05, 0) is 31.8 Å². The van der Waals surface area contributed by atoms with Gasteiger partial charge in [-0.1, -0.05) is 13.3 Å². The fourth-order valence-corrected chi connectivity index (χ4v) is 1.65. The van der Waals surface area contributed by atoms with Crippen molar-refractivity contribution in [3.63, 3.8) is 0 Å². The van der Waals surface area contributed by atoms with Crippen molar-refractivity contribution >= 4 is 0 Å². The fourth-order valence-electron chi connectivity index (χ4n) is 1.65. The molecule has 0 saturated carbocycles. The van der Waals surface area contributed by atoms with Gasteiger partial charge in [-0.3, -0.25) is 0 Å². The molecule has 1 aliphatic heterocycles. The van der Waals surface area contributed by atoms with Crippen LogP contribution >= 0.6 is 0 Å². The van der Waals surface area contributed by atoms with E-state index in [2.05, 4.69) is 12.2 Å². The van der Waals surface area contributed by atoms with E-state index in [0.29, 0.717) is 0 Å². The Morgan fingerprint density at radius 2 is 2.40 bits per heavy atom. The van der Waals surface area contributed by atoms with E-state index in [1.807, 2.05) is 0 Å². The van der Waals surface area contributed by atoms with E-state index in [-0.39, 0.29) is 0 Å². The predicted octanol–water partition coefficient (Wildman–Crippen LogP) is 0.723. The first-order chi connectivity index (χ1) is 4.86. The largest absolute Gasteiger partial charge is 0.330 e. The molecule has 10 heavy (non-hydrogen) atoms. The lowest BCUT2D eigenvalue weighted by atomic mass is 10.0. The van der Waals surface area contributed by atoms with Crippen LogP contribution < -0.4 is 11.1 Å². The van der Waals surface area contributed by atoms with Crippen LogP contribution in [-0.4, -0.2) is 19.1 Å². The second-order valence-electron chi connectivity index (χ2n) is 3.23. The van der Waals surface area contributed by atoms with Crippen molar-refractivity contribution in [2.75, 3.05) is 13.1 Å². The molecule has 1 rings (SSSR count). The van der Waals surface area contributed by atoms with Crippen LogP contribution in [0, 0.1) is 5.92 Å². The maximum absolute atomic E-state index is 5.55.